The molecule has 9 heteroatoms. The summed E-state index contributed by atoms with van der Waals surface area (Å²) in [6.45, 7) is 42.3. The Kier molecular flexibility index (Phi) is 8.38. The highest BCUT2D eigenvalue weighted by atomic mass is 29.9. The van der Waals surface area contributed by atoms with Gasteiger partial charge in [0.25, 0.3) is 0 Å². The van der Waals surface area contributed by atoms with E-state index in [1.807, 2.05) is 0 Å². The lowest BCUT2D eigenvalue weighted by molar-refractivity contribution is 0.587. The molecule has 0 saturated carbocycles. The van der Waals surface area contributed by atoms with E-state index in [2.05, 4.69) is 105 Å². The third-order valence-electron chi connectivity index (χ3n) is 4.71. The van der Waals surface area contributed by atoms with Crippen molar-refractivity contribution in [3.63, 3.8) is 0 Å². The van der Waals surface area contributed by atoms with E-state index < -0.39 is 46.0 Å². The molecule has 150 valence electrons. The molecule has 2 radical (unpaired) electrons. The van der Waals surface area contributed by atoms with E-state index in [1.165, 1.54) is 0 Å². The van der Waals surface area contributed by atoms with E-state index in [4.69, 9.17) is 4.12 Å². The molecule has 0 aliphatic rings. The van der Waals surface area contributed by atoms with Crippen molar-refractivity contribution in [2.75, 3.05) is 0 Å². The zero-order valence-electron chi connectivity index (χ0n) is 20.4. The predicted octanol–water partition coefficient (Wildman–Crippen LogP) is 6.23. The van der Waals surface area contributed by atoms with Crippen LogP contribution in [0.15, 0.2) is 0 Å². The summed E-state index contributed by atoms with van der Waals surface area (Å²) in [4.78, 5) is 0. The van der Waals surface area contributed by atoms with Gasteiger partial charge in [-0.15, -0.1) is 0 Å². The zero-order chi connectivity index (χ0) is 20.9. The quantitative estimate of drug-likeness (QED) is 0.374. The lowest BCUT2D eigenvalue weighted by atomic mass is 11.8. The smallest absolute Gasteiger partial charge is 0.152 e. The fourth-order valence-electron chi connectivity index (χ4n) is 6.60. The first-order valence-corrected chi connectivity index (χ1v) is 38.7. The molecule has 0 N–H and O–H groups in total. The van der Waals surface area contributed by atoms with Gasteiger partial charge >= 0.3 is 0 Å². The van der Waals surface area contributed by atoms with Crippen molar-refractivity contribution in [2.45, 2.75) is 105 Å². The maximum Gasteiger partial charge on any atom is 0.152 e. The molecule has 0 atom stereocenters. The Labute approximate surface area is 169 Å². The van der Waals surface area contributed by atoms with Crippen LogP contribution in [0.3, 0.4) is 0 Å². The molecule has 0 aliphatic heterocycles. The van der Waals surface area contributed by atoms with E-state index in [-0.39, 0.29) is 14.7 Å². The van der Waals surface area contributed by atoms with Crippen molar-refractivity contribution in [1.29, 1.82) is 0 Å². The Morgan fingerprint density at radius 3 is 0.640 bits per heavy atom. The van der Waals surface area contributed by atoms with Crippen LogP contribution in [0.1, 0.15) is 0 Å². The molecular weight excluding hydrogens is 433 g/mol. The van der Waals surface area contributed by atoms with Gasteiger partial charge in [-0.05, 0) is 26.2 Å². The first kappa shape index (κ1) is 26.7. The summed E-state index contributed by atoms with van der Waals surface area (Å²) in [5.74, 6) is 0. The molecule has 0 aromatic carbocycles. The van der Waals surface area contributed by atoms with E-state index in [9.17, 15) is 0 Å². The van der Waals surface area contributed by atoms with Gasteiger partial charge in [0.05, 0.1) is 14.7 Å². The van der Waals surface area contributed by atoms with E-state index in [1.54, 1.807) is 0 Å². The molecule has 0 bridgehead atoms. The van der Waals surface area contributed by atoms with Crippen molar-refractivity contribution in [1.82, 2.24) is 0 Å². The van der Waals surface area contributed by atoms with Crippen LogP contribution in [0, 0.1) is 0 Å². The van der Waals surface area contributed by atoms with Crippen LogP contribution in [0.2, 0.25) is 105 Å². The highest BCUT2D eigenvalue weighted by molar-refractivity contribution is 7.83. The van der Waals surface area contributed by atoms with Gasteiger partial charge in [0.15, 0.2) is 15.7 Å². The van der Waals surface area contributed by atoms with Crippen LogP contribution in [-0.4, -0.2) is 60.7 Å². The Balaban J connectivity index is 6.06. The van der Waals surface area contributed by atoms with E-state index in [0.29, 0.717) is 0 Å². The monoisotopic (exact) mass is 480 g/mol. The van der Waals surface area contributed by atoms with Gasteiger partial charge in [0, 0.05) is 30.4 Å². The summed E-state index contributed by atoms with van der Waals surface area (Å²) in [5, 5.41) is 0. The van der Waals surface area contributed by atoms with Gasteiger partial charge < -0.3 is 4.12 Å². The SMILES string of the molecule is C[Si](C)(C)[Si]([Si](C)(C)C)[Si](C)(C)O[Si](C)(C)[Si]([Si](C)(C)C)[Si](C)(C)C. The van der Waals surface area contributed by atoms with Crippen LogP contribution in [0.5, 0.6) is 0 Å². The van der Waals surface area contributed by atoms with Crippen molar-refractivity contribution < 1.29 is 4.12 Å². The first-order chi connectivity index (χ1) is 10.4. The molecule has 0 aliphatic carbocycles. The minimum absolute atomic E-state index is 0.331. The predicted molar refractivity (Wildman–Crippen MR) is 141 cm³/mol. The highest BCUT2D eigenvalue weighted by Crippen LogP contribution is 2.33. The molecule has 0 aromatic heterocycles. The molecule has 0 aromatic rings. The second-order valence-electron chi connectivity index (χ2n) is 12.9. The second-order valence-corrected chi connectivity index (χ2v) is 82.5. The van der Waals surface area contributed by atoms with Gasteiger partial charge in [0.2, 0.25) is 0 Å². The molecule has 0 unspecified atom stereocenters. The fourth-order valence-corrected chi connectivity index (χ4v) is 178. The lowest BCUT2D eigenvalue weighted by Crippen LogP contribution is -2.79. The van der Waals surface area contributed by atoms with Crippen LogP contribution >= 0.6 is 0 Å². The largest absolute Gasteiger partial charge is 0.461 e. The number of hydrogen-bond acceptors (Lipinski definition) is 1. The fraction of sp³-hybridized carbons (Fsp3) is 1.00. The standard InChI is InChI=1S/C16H48OSi8/c1-20(2,3)18(21(4,5)6)24(13,14)17-25(15,16)19(22(7,8)9)23(10,11)12/h1-16H3. The Morgan fingerprint density at radius 2 is 0.520 bits per heavy atom. The van der Waals surface area contributed by atoms with Crippen molar-refractivity contribution in [2.24, 2.45) is 0 Å². The topological polar surface area (TPSA) is 9.23 Å². The first-order valence-electron chi connectivity index (χ1n) is 9.91. The molecule has 25 heavy (non-hydrogen) atoms. The Hall–Kier alpha value is 1.70. The van der Waals surface area contributed by atoms with Crippen molar-refractivity contribution >= 4 is 60.7 Å². The van der Waals surface area contributed by atoms with Crippen LogP contribution in [-0.2, 0) is 4.12 Å². The van der Waals surface area contributed by atoms with Gasteiger partial charge in [0.1, 0.15) is 0 Å². The third kappa shape index (κ3) is 7.56. The average molecular weight is 481 g/mol. The van der Waals surface area contributed by atoms with E-state index in [0.717, 1.165) is 0 Å². The number of hydrogen-bond donors (Lipinski definition) is 0. The van der Waals surface area contributed by atoms with Crippen LogP contribution in [0.4, 0.5) is 0 Å². The molecule has 0 amide bonds. The molecule has 0 heterocycles. The maximum atomic E-state index is 7.56. The van der Waals surface area contributed by atoms with Crippen LogP contribution in [0.25, 0.3) is 0 Å². The highest BCUT2D eigenvalue weighted by Gasteiger charge is 2.57. The van der Waals surface area contributed by atoms with Crippen molar-refractivity contribution in [3.8, 4) is 0 Å². The van der Waals surface area contributed by atoms with Crippen molar-refractivity contribution in [3.05, 3.63) is 0 Å². The second kappa shape index (κ2) is 7.84. The molecule has 0 fully saturated rings. The van der Waals surface area contributed by atoms with Gasteiger partial charge in [-0.2, -0.15) is 0 Å². The number of rotatable bonds is 8. The summed E-state index contributed by atoms with van der Waals surface area (Å²) in [7, 11) is -8.38. The third-order valence-corrected chi connectivity index (χ3v) is 120. The molecule has 0 rings (SSSR count). The molecule has 0 spiro atoms. The van der Waals surface area contributed by atoms with Gasteiger partial charge in [-0.3, -0.25) is 0 Å². The van der Waals surface area contributed by atoms with E-state index >= 15 is 0 Å². The zero-order valence-corrected chi connectivity index (χ0v) is 28.4. The maximum absolute atomic E-state index is 7.56. The summed E-state index contributed by atoms with van der Waals surface area (Å²) >= 11 is 0. The molecule has 0 saturated heterocycles. The Bertz CT molecular complexity index is 379. The minimum Gasteiger partial charge on any atom is -0.461 e. The van der Waals surface area contributed by atoms with Gasteiger partial charge in [-0.1, -0.05) is 78.6 Å². The summed E-state index contributed by atoms with van der Waals surface area (Å²) in [5.41, 5.74) is 0. The van der Waals surface area contributed by atoms with Crippen LogP contribution < -0.4 is 0 Å². The summed E-state index contributed by atoms with van der Waals surface area (Å²) < 4.78 is 7.56. The van der Waals surface area contributed by atoms with Gasteiger partial charge in [-0.25, -0.2) is 0 Å². The minimum atomic E-state index is -1.60. The molecule has 1 nitrogen and oxygen atoms in total. The Morgan fingerprint density at radius 1 is 0.360 bits per heavy atom. The molecular formula is C16H48OSi8. The summed E-state index contributed by atoms with van der Waals surface area (Å²) in [6.07, 6.45) is 0. The normalized spacial score (nSPS) is 16.1. The average Bonchev–Trinajstić information content (AvgIpc) is 1.98. The summed E-state index contributed by atoms with van der Waals surface area (Å²) in [6, 6.07) is 0. The lowest BCUT2D eigenvalue weighted by Gasteiger charge is -2.53.